The second kappa shape index (κ2) is 7.51. The summed E-state index contributed by atoms with van der Waals surface area (Å²) in [6.07, 6.45) is -3.73. The monoisotopic (exact) mass is 431 g/mol. The van der Waals surface area contributed by atoms with Crippen molar-refractivity contribution in [2.24, 2.45) is 0 Å². The molecule has 152 valence electrons. The Bertz CT molecular complexity index is 874. The Balaban J connectivity index is 2.24. The minimum absolute atomic E-state index is 0.145. The molecule has 1 aromatic rings. The van der Waals surface area contributed by atoms with Crippen LogP contribution in [0.2, 0.25) is 0 Å². The van der Waals surface area contributed by atoms with Gasteiger partial charge in [-0.05, 0) is 12.1 Å². The molecule has 16 heteroatoms. The molecule has 1 saturated heterocycles. The lowest BCUT2D eigenvalue weighted by Gasteiger charge is -2.25. The van der Waals surface area contributed by atoms with Crippen LogP contribution >= 0.6 is 15.6 Å². The van der Waals surface area contributed by atoms with Gasteiger partial charge in [0.05, 0.1) is 6.61 Å². The van der Waals surface area contributed by atoms with E-state index < -0.39 is 52.0 Å². The molecule has 6 N–H and O–H groups in total. The van der Waals surface area contributed by atoms with E-state index in [1.807, 2.05) is 0 Å². The van der Waals surface area contributed by atoms with Crippen molar-refractivity contribution in [3.63, 3.8) is 0 Å². The SMILES string of the molecule is C=C[C@@]1(F)[C@@H](O)[C@@H](COP(=O)(O)OP(=O)(O)O)O[C@H]1n1ccc(N)nc1=O. The molecule has 1 aromatic heterocycles. The Morgan fingerprint density at radius 3 is 2.63 bits per heavy atom. The van der Waals surface area contributed by atoms with Gasteiger partial charge in [0, 0.05) is 6.20 Å². The van der Waals surface area contributed by atoms with Crippen LogP contribution in [0.25, 0.3) is 0 Å². The van der Waals surface area contributed by atoms with Gasteiger partial charge in [0.15, 0.2) is 6.23 Å². The van der Waals surface area contributed by atoms with Gasteiger partial charge in [-0.3, -0.25) is 9.09 Å². The van der Waals surface area contributed by atoms with Crippen LogP contribution in [0.3, 0.4) is 0 Å². The van der Waals surface area contributed by atoms with Gasteiger partial charge in [0.1, 0.15) is 18.0 Å². The number of hydrogen-bond acceptors (Lipinski definition) is 9. The maximum absolute atomic E-state index is 15.2. The first-order valence-corrected chi connectivity index (χ1v) is 10.1. The van der Waals surface area contributed by atoms with Gasteiger partial charge in [-0.15, -0.1) is 0 Å². The van der Waals surface area contributed by atoms with Crippen LogP contribution < -0.4 is 11.4 Å². The minimum atomic E-state index is -5.36. The summed E-state index contributed by atoms with van der Waals surface area (Å²) >= 11 is 0. The Hall–Kier alpha value is -1.47. The number of phosphoric ester groups is 1. The molecule has 1 aliphatic heterocycles. The summed E-state index contributed by atoms with van der Waals surface area (Å²) in [6, 6.07) is 1.17. The quantitative estimate of drug-likeness (QED) is 0.266. The number of rotatable bonds is 7. The van der Waals surface area contributed by atoms with Crippen LogP contribution in [-0.2, 0) is 22.7 Å². The van der Waals surface area contributed by atoms with Crippen molar-refractivity contribution in [1.82, 2.24) is 9.55 Å². The standard InChI is InChI=1S/C11H16FN3O10P2/c1-2-11(12)8(16)6(5-23-27(21,22)25-26(18,19)20)24-9(11)15-4-3-7(13)14-10(15)17/h2-4,6,8-9,16H,1,5H2,(H,21,22)(H2,13,14,17)(H2,18,19,20)/t6-,8+,9-,11-/m1/s1. The number of aromatic nitrogens is 2. The van der Waals surface area contributed by atoms with Gasteiger partial charge >= 0.3 is 21.3 Å². The number of hydrogen-bond donors (Lipinski definition) is 5. The van der Waals surface area contributed by atoms with Crippen LogP contribution in [0, 0.1) is 0 Å². The number of phosphoric acid groups is 2. The van der Waals surface area contributed by atoms with Crippen LogP contribution in [0.1, 0.15) is 6.23 Å². The predicted molar refractivity (Wildman–Crippen MR) is 85.8 cm³/mol. The molecule has 27 heavy (non-hydrogen) atoms. The van der Waals surface area contributed by atoms with Crippen LogP contribution in [0.4, 0.5) is 10.2 Å². The first-order valence-electron chi connectivity index (χ1n) is 7.04. The van der Waals surface area contributed by atoms with Gasteiger partial charge in [-0.1, -0.05) is 6.58 Å². The topological polar surface area (TPSA) is 204 Å². The van der Waals surface area contributed by atoms with Gasteiger partial charge in [0.2, 0.25) is 5.67 Å². The zero-order valence-electron chi connectivity index (χ0n) is 13.4. The van der Waals surface area contributed by atoms with Gasteiger partial charge in [0.25, 0.3) is 0 Å². The predicted octanol–water partition coefficient (Wildman–Crippen LogP) is -0.796. The number of anilines is 1. The highest BCUT2D eigenvalue weighted by Crippen LogP contribution is 2.58. The van der Waals surface area contributed by atoms with E-state index in [0.29, 0.717) is 10.6 Å². The number of halogens is 1. The van der Waals surface area contributed by atoms with E-state index in [2.05, 4.69) is 20.4 Å². The Morgan fingerprint density at radius 1 is 1.48 bits per heavy atom. The van der Waals surface area contributed by atoms with Crippen molar-refractivity contribution in [3.05, 3.63) is 35.4 Å². The molecule has 0 bridgehead atoms. The van der Waals surface area contributed by atoms with Crippen molar-refractivity contribution in [3.8, 4) is 0 Å². The molecule has 1 fully saturated rings. The average Bonchev–Trinajstić information content (AvgIpc) is 2.76. The minimum Gasteiger partial charge on any atom is -0.386 e. The largest absolute Gasteiger partial charge is 0.481 e. The molecule has 0 radical (unpaired) electrons. The second-order valence-corrected chi connectivity index (χ2v) is 8.21. The molecule has 0 aliphatic carbocycles. The summed E-state index contributed by atoms with van der Waals surface area (Å²) in [7, 11) is -10.6. The normalized spacial score (nSPS) is 30.8. The maximum Gasteiger partial charge on any atom is 0.481 e. The van der Waals surface area contributed by atoms with Gasteiger partial charge in [-0.2, -0.15) is 9.29 Å². The molecular formula is C11H16FN3O10P2. The fourth-order valence-corrected chi connectivity index (χ4v) is 3.94. The molecule has 13 nitrogen and oxygen atoms in total. The summed E-state index contributed by atoms with van der Waals surface area (Å²) in [5, 5.41) is 10.1. The molecule has 2 heterocycles. The lowest BCUT2D eigenvalue weighted by Crippen LogP contribution is -2.43. The highest BCUT2D eigenvalue weighted by Gasteiger charge is 2.57. The highest BCUT2D eigenvalue weighted by molar-refractivity contribution is 7.60. The van der Waals surface area contributed by atoms with Crippen molar-refractivity contribution in [2.75, 3.05) is 12.3 Å². The Kier molecular flexibility index (Phi) is 6.07. The zero-order valence-corrected chi connectivity index (χ0v) is 15.1. The number of alkyl halides is 1. The molecule has 0 amide bonds. The van der Waals surface area contributed by atoms with E-state index in [1.165, 1.54) is 6.07 Å². The fourth-order valence-electron chi connectivity index (χ4n) is 2.34. The molecule has 0 spiro atoms. The molecule has 1 unspecified atom stereocenters. The van der Waals surface area contributed by atoms with Gasteiger partial charge in [-0.25, -0.2) is 18.3 Å². The zero-order chi connectivity index (χ0) is 20.6. The van der Waals surface area contributed by atoms with Gasteiger partial charge < -0.3 is 30.3 Å². The molecule has 0 saturated carbocycles. The first kappa shape index (κ1) is 21.8. The number of nitrogens with two attached hydrogens (primary N) is 1. The van der Waals surface area contributed by atoms with Crippen LogP contribution in [0.5, 0.6) is 0 Å². The third kappa shape index (κ3) is 4.88. The lowest BCUT2D eigenvalue weighted by atomic mass is 9.96. The van der Waals surface area contributed by atoms with E-state index in [1.54, 1.807) is 0 Å². The fraction of sp³-hybridized carbons (Fsp3) is 0.455. The van der Waals surface area contributed by atoms with E-state index >= 15 is 4.39 Å². The third-order valence-corrected chi connectivity index (χ3v) is 5.67. The van der Waals surface area contributed by atoms with Crippen LogP contribution in [0.15, 0.2) is 29.7 Å². The van der Waals surface area contributed by atoms with Crippen molar-refractivity contribution < 1.29 is 46.9 Å². The number of nitrogen functional groups attached to an aromatic ring is 1. The lowest BCUT2D eigenvalue weighted by molar-refractivity contribution is -0.0546. The highest BCUT2D eigenvalue weighted by atomic mass is 31.3. The summed E-state index contributed by atoms with van der Waals surface area (Å²) in [4.78, 5) is 41.6. The molecule has 0 aromatic carbocycles. The van der Waals surface area contributed by atoms with Crippen molar-refractivity contribution in [1.29, 1.82) is 0 Å². The second-order valence-electron chi connectivity index (χ2n) is 5.38. The van der Waals surface area contributed by atoms with Crippen molar-refractivity contribution >= 4 is 21.5 Å². The summed E-state index contributed by atoms with van der Waals surface area (Å²) < 4.78 is 51.0. The summed E-state index contributed by atoms with van der Waals surface area (Å²) in [5.74, 6) is -0.145. The smallest absolute Gasteiger partial charge is 0.386 e. The summed E-state index contributed by atoms with van der Waals surface area (Å²) in [6.45, 7) is 2.22. The van der Waals surface area contributed by atoms with Crippen molar-refractivity contribution in [2.45, 2.75) is 24.1 Å². The number of aliphatic hydroxyl groups excluding tert-OH is 1. The average molecular weight is 431 g/mol. The third-order valence-electron chi connectivity index (χ3n) is 3.52. The molecule has 5 atom stereocenters. The Morgan fingerprint density at radius 2 is 2.11 bits per heavy atom. The van der Waals surface area contributed by atoms with E-state index in [-0.39, 0.29) is 5.82 Å². The van der Waals surface area contributed by atoms with E-state index in [4.69, 9.17) is 20.3 Å². The van der Waals surface area contributed by atoms with E-state index in [9.17, 15) is 23.9 Å². The first-order chi connectivity index (χ1) is 12.3. The number of ether oxygens (including phenoxy) is 1. The Labute approximate surface area is 150 Å². The number of aliphatic hydroxyl groups is 1. The molecule has 1 aliphatic rings. The van der Waals surface area contributed by atoms with Crippen LogP contribution in [-0.4, -0.2) is 53.8 Å². The molecule has 2 rings (SSSR count). The summed E-state index contributed by atoms with van der Waals surface area (Å²) in [5.41, 5.74) is 1.60. The maximum atomic E-state index is 15.2. The van der Waals surface area contributed by atoms with E-state index in [0.717, 1.165) is 6.20 Å². The number of nitrogens with zero attached hydrogens (tertiary/aromatic N) is 2. The molecular weight excluding hydrogens is 415 g/mol.